The number of carboxylic acid groups (broad SMARTS) is 1. The lowest BCUT2D eigenvalue weighted by Gasteiger charge is -2.22. The molecule has 9 heteroatoms. The molecule has 2 amide bonds. The van der Waals surface area contributed by atoms with E-state index < -0.39 is 12.0 Å². The Bertz CT molecular complexity index is 1510. The van der Waals surface area contributed by atoms with Gasteiger partial charge in [-0.1, -0.05) is 86.1 Å². The summed E-state index contributed by atoms with van der Waals surface area (Å²) in [7, 11) is 0. The molecule has 0 unspecified atom stereocenters. The highest BCUT2D eigenvalue weighted by atomic mass is 32.1. The summed E-state index contributed by atoms with van der Waals surface area (Å²) in [6, 6.07) is 25.8. The molecule has 44 heavy (non-hydrogen) atoms. The number of amides is 2. The molecule has 0 aliphatic carbocycles. The standard InChI is InChI=1S/C35H40N4O4S/c1-2-3-14-32-36-22-31(39(32)23-27-15-17-28(18-16-27)35(42)43)34(41)38-29(19-25-10-6-4-7-11-25)21-33(40)37-30(24-44)20-26-12-8-5-9-13-26/h4-13,15-18,22,29-30,44H,2-3,14,19-21,23-24H2,1H3,(H,37,40)(H,38,41)(H,42,43)/t29-,30+/m0/s1. The smallest absolute Gasteiger partial charge is 0.335 e. The van der Waals surface area contributed by atoms with Gasteiger partial charge in [0.05, 0.1) is 11.8 Å². The highest BCUT2D eigenvalue weighted by molar-refractivity contribution is 7.80. The van der Waals surface area contributed by atoms with Crippen LogP contribution in [0.15, 0.2) is 91.1 Å². The number of benzene rings is 3. The normalized spacial score (nSPS) is 12.3. The second-order valence-corrected chi connectivity index (χ2v) is 11.3. The van der Waals surface area contributed by atoms with Crippen molar-refractivity contribution < 1.29 is 19.5 Å². The number of rotatable bonds is 16. The lowest BCUT2D eigenvalue weighted by atomic mass is 10.0. The van der Waals surface area contributed by atoms with Crippen LogP contribution >= 0.6 is 12.6 Å². The topological polar surface area (TPSA) is 113 Å². The van der Waals surface area contributed by atoms with Crippen LogP contribution in [0.2, 0.25) is 0 Å². The number of aromatic carboxylic acids is 1. The second-order valence-electron chi connectivity index (χ2n) is 11.0. The highest BCUT2D eigenvalue weighted by Crippen LogP contribution is 2.16. The predicted molar refractivity (Wildman–Crippen MR) is 175 cm³/mol. The minimum Gasteiger partial charge on any atom is -0.478 e. The van der Waals surface area contributed by atoms with Crippen LogP contribution in [-0.2, 0) is 30.6 Å². The molecular formula is C35H40N4O4S. The van der Waals surface area contributed by atoms with E-state index in [0.29, 0.717) is 37.3 Å². The van der Waals surface area contributed by atoms with Crippen LogP contribution in [0.25, 0.3) is 0 Å². The molecule has 0 spiro atoms. The van der Waals surface area contributed by atoms with Crippen LogP contribution in [0.4, 0.5) is 0 Å². The monoisotopic (exact) mass is 612 g/mol. The number of carbonyl (C=O) groups is 3. The van der Waals surface area contributed by atoms with Crippen molar-refractivity contribution in [3.05, 3.63) is 125 Å². The molecule has 0 aliphatic rings. The molecule has 0 fully saturated rings. The molecule has 2 atom stereocenters. The first-order valence-electron chi connectivity index (χ1n) is 15.0. The van der Waals surface area contributed by atoms with Gasteiger partial charge in [-0.2, -0.15) is 12.6 Å². The van der Waals surface area contributed by atoms with E-state index in [1.807, 2.05) is 65.2 Å². The molecule has 0 radical (unpaired) electrons. The first-order chi connectivity index (χ1) is 21.4. The Balaban J connectivity index is 1.52. The van der Waals surface area contributed by atoms with Gasteiger partial charge in [0.25, 0.3) is 5.91 Å². The summed E-state index contributed by atoms with van der Waals surface area (Å²) in [4.78, 5) is 43.0. The zero-order valence-electron chi connectivity index (χ0n) is 25.0. The van der Waals surface area contributed by atoms with E-state index >= 15 is 0 Å². The molecule has 0 saturated heterocycles. The number of carboxylic acids is 1. The first-order valence-corrected chi connectivity index (χ1v) is 15.6. The average Bonchev–Trinajstić information content (AvgIpc) is 3.43. The Labute approximate surface area is 264 Å². The Morgan fingerprint density at radius 3 is 2.02 bits per heavy atom. The third-order valence-corrected chi connectivity index (χ3v) is 7.91. The molecule has 1 heterocycles. The maximum atomic E-state index is 13.8. The largest absolute Gasteiger partial charge is 0.478 e. The highest BCUT2D eigenvalue weighted by Gasteiger charge is 2.23. The molecule has 1 aromatic heterocycles. The average molecular weight is 613 g/mol. The molecule has 4 aromatic rings. The first kappa shape index (κ1) is 32.5. The fraction of sp³-hybridized carbons (Fsp3) is 0.314. The fourth-order valence-corrected chi connectivity index (χ4v) is 5.36. The van der Waals surface area contributed by atoms with Crippen molar-refractivity contribution in [2.75, 3.05) is 5.75 Å². The van der Waals surface area contributed by atoms with Crippen molar-refractivity contribution in [1.29, 1.82) is 0 Å². The number of nitrogens with zero attached hydrogens (tertiary/aromatic N) is 2. The van der Waals surface area contributed by atoms with Crippen molar-refractivity contribution >= 4 is 30.4 Å². The van der Waals surface area contributed by atoms with Gasteiger partial charge in [0, 0.05) is 37.2 Å². The predicted octanol–water partition coefficient (Wildman–Crippen LogP) is 5.36. The van der Waals surface area contributed by atoms with E-state index in [0.717, 1.165) is 35.4 Å². The number of hydrogen-bond donors (Lipinski definition) is 4. The van der Waals surface area contributed by atoms with Crippen molar-refractivity contribution in [3.8, 4) is 0 Å². The summed E-state index contributed by atoms with van der Waals surface area (Å²) in [6.07, 6.45) is 5.45. The van der Waals surface area contributed by atoms with Gasteiger partial charge in [-0.05, 0) is 48.1 Å². The third kappa shape index (κ3) is 9.57. The van der Waals surface area contributed by atoms with Gasteiger partial charge in [0.15, 0.2) is 0 Å². The number of unbranched alkanes of at least 4 members (excludes halogenated alkanes) is 1. The van der Waals surface area contributed by atoms with Crippen LogP contribution in [0, 0.1) is 0 Å². The molecule has 0 saturated carbocycles. The van der Waals surface area contributed by atoms with Crippen molar-refractivity contribution in [1.82, 2.24) is 20.2 Å². The Hall–Kier alpha value is -4.37. The molecule has 0 aliphatic heterocycles. The summed E-state index contributed by atoms with van der Waals surface area (Å²) in [6.45, 7) is 2.47. The molecule has 3 N–H and O–H groups in total. The minimum atomic E-state index is -0.989. The molecule has 8 nitrogen and oxygen atoms in total. The van der Waals surface area contributed by atoms with Crippen molar-refractivity contribution in [2.45, 2.75) is 64.1 Å². The van der Waals surface area contributed by atoms with Crippen LogP contribution < -0.4 is 10.6 Å². The minimum absolute atomic E-state index is 0.104. The van der Waals surface area contributed by atoms with Gasteiger partial charge in [-0.15, -0.1) is 0 Å². The molecule has 3 aromatic carbocycles. The molecule has 230 valence electrons. The summed E-state index contributed by atoms with van der Waals surface area (Å²) in [5.74, 6) is -0.182. The zero-order chi connectivity index (χ0) is 31.3. The summed E-state index contributed by atoms with van der Waals surface area (Å²) in [5.41, 5.74) is 3.59. The van der Waals surface area contributed by atoms with Gasteiger partial charge in [0.1, 0.15) is 11.5 Å². The SMILES string of the molecule is CCCCc1ncc(C(=O)N[C@H](CC(=O)N[C@@H](CS)Cc2ccccc2)Cc2ccccc2)n1Cc1ccc(C(=O)O)cc1. The summed E-state index contributed by atoms with van der Waals surface area (Å²) < 4.78 is 1.89. The summed E-state index contributed by atoms with van der Waals surface area (Å²) >= 11 is 4.47. The molecule has 0 bridgehead atoms. The van der Waals surface area contributed by atoms with Gasteiger partial charge in [0.2, 0.25) is 5.91 Å². The number of aromatic nitrogens is 2. The van der Waals surface area contributed by atoms with E-state index in [1.165, 1.54) is 0 Å². The van der Waals surface area contributed by atoms with Crippen LogP contribution in [-0.4, -0.2) is 50.3 Å². The fourth-order valence-electron chi connectivity index (χ4n) is 5.14. The van der Waals surface area contributed by atoms with Gasteiger partial charge < -0.3 is 20.3 Å². The number of nitrogens with one attached hydrogen (secondary N) is 2. The Morgan fingerprint density at radius 2 is 1.45 bits per heavy atom. The van der Waals surface area contributed by atoms with Crippen LogP contribution in [0.1, 0.15) is 69.5 Å². The van der Waals surface area contributed by atoms with Gasteiger partial charge in [-0.3, -0.25) is 9.59 Å². The quantitative estimate of drug-likeness (QED) is 0.127. The zero-order valence-corrected chi connectivity index (χ0v) is 25.9. The van der Waals surface area contributed by atoms with E-state index in [1.54, 1.807) is 30.5 Å². The van der Waals surface area contributed by atoms with Crippen LogP contribution in [0.3, 0.4) is 0 Å². The maximum Gasteiger partial charge on any atom is 0.335 e. The van der Waals surface area contributed by atoms with E-state index in [2.05, 4.69) is 35.2 Å². The second kappa shape index (κ2) is 16.5. The lowest BCUT2D eigenvalue weighted by molar-refractivity contribution is -0.122. The van der Waals surface area contributed by atoms with Crippen molar-refractivity contribution in [3.63, 3.8) is 0 Å². The number of aryl methyl sites for hydroxylation is 1. The van der Waals surface area contributed by atoms with E-state index in [4.69, 9.17) is 0 Å². The lowest BCUT2D eigenvalue weighted by Crippen LogP contribution is -2.44. The molecule has 4 rings (SSSR count). The van der Waals surface area contributed by atoms with E-state index in [9.17, 15) is 19.5 Å². The number of hydrogen-bond acceptors (Lipinski definition) is 5. The maximum absolute atomic E-state index is 13.8. The summed E-state index contributed by atoms with van der Waals surface area (Å²) in [5, 5.41) is 15.5. The molecular weight excluding hydrogens is 572 g/mol. The number of imidazole rings is 1. The van der Waals surface area contributed by atoms with E-state index in [-0.39, 0.29) is 29.8 Å². The number of thiol groups is 1. The van der Waals surface area contributed by atoms with Gasteiger partial charge >= 0.3 is 5.97 Å². The van der Waals surface area contributed by atoms with Crippen molar-refractivity contribution in [2.24, 2.45) is 0 Å². The Morgan fingerprint density at radius 1 is 0.841 bits per heavy atom. The number of carbonyl (C=O) groups excluding carboxylic acids is 2. The van der Waals surface area contributed by atoms with Gasteiger partial charge in [-0.25, -0.2) is 9.78 Å². The third-order valence-electron chi connectivity index (χ3n) is 7.47. The Kier molecular flexibility index (Phi) is 12.2. The van der Waals surface area contributed by atoms with Crippen LogP contribution in [0.5, 0.6) is 0 Å².